The molecule has 1 aromatic heterocycles. The number of benzene rings is 1. The predicted octanol–water partition coefficient (Wildman–Crippen LogP) is 2.99. The second-order valence-corrected chi connectivity index (χ2v) is 4.84. The average Bonchev–Trinajstić information content (AvgIpc) is 2.29. The monoisotopic (exact) mass is 242 g/mol. The molecule has 2 rings (SSSR count). The van der Waals surface area contributed by atoms with Crippen LogP contribution in [-0.2, 0) is 0 Å². The van der Waals surface area contributed by atoms with Gasteiger partial charge >= 0.3 is 0 Å². The lowest BCUT2D eigenvalue weighted by Crippen LogP contribution is -2.31. The third-order valence-electron chi connectivity index (χ3n) is 3.03. The van der Waals surface area contributed by atoms with E-state index in [-0.39, 0.29) is 11.9 Å². The third-order valence-corrected chi connectivity index (χ3v) is 3.03. The van der Waals surface area contributed by atoms with E-state index < -0.39 is 0 Å². The van der Waals surface area contributed by atoms with Crippen LogP contribution < -0.4 is 5.32 Å². The van der Waals surface area contributed by atoms with Crippen molar-refractivity contribution < 1.29 is 4.79 Å². The maximum Gasteiger partial charge on any atom is 0.252 e. The van der Waals surface area contributed by atoms with Gasteiger partial charge in [0.05, 0.1) is 11.1 Å². The van der Waals surface area contributed by atoms with E-state index >= 15 is 0 Å². The third kappa shape index (κ3) is 2.21. The van der Waals surface area contributed by atoms with Crippen LogP contribution in [0, 0.1) is 13.8 Å². The molecule has 0 atom stereocenters. The second-order valence-electron chi connectivity index (χ2n) is 4.84. The average molecular weight is 242 g/mol. The van der Waals surface area contributed by atoms with E-state index in [0.29, 0.717) is 0 Å². The Morgan fingerprint density at radius 3 is 2.56 bits per heavy atom. The highest BCUT2D eigenvalue weighted by Crippen LogP contribution is 2.22. The first-order chi connectivity index (χ1) is 8.50. The van der Waals surface area contributed by atoms with Crippen LogP contribution in [0.5, 0.6) is 0 Å². The standard InChI is InChI=1S/C15H18N2O/c1-9(2)16-15(18)14-10(3)11(4)17-13-8-6-5-7-12(13)14/h5-9H,1-4H3,(H,16,18). The summed E-state index contributed by atoms with van der Waals surface area (Å²) in [4.78, 5) is 16.8. The van der Waals surface area contributed by atoms with Gasteiger partial charge in [0.15, 0.2) is 0 Å². The molecule has 0 aliphatic carbocycles. The fourth-order valence-corrected chi connectivity index (χ4v) is 2.06. The molecule has 18 heavy (non-hydrogen) atoms. The molecule has 94 valence electrons. The highest BCUT2D eigenvalue weighted by Gasteiger charge is 2.16. The Morgan fingerprint density at radius 2 is 1.89 bits per heavy atom. The molecular formula is C15H18N2O. The molecule has 1 heterocycles. The first-order valence-electron chi connectivity index (χ1n) is 6.17. The summed E-state index contributed by atoms with van der Waals surface area (Å²) < 4.78 is 0. The molecule has 0 aliphatic rings. The van der Waals surface area contributed by atoms with Crippen molar-refractivity contribution >= 4 is 16.8 Å². The van der Waals surface area contributed by atoms with Gasteiger partial charge in [0.1, 0.15) is 0 Å². The zero-order valence-corrected chi connectivity index (χ0v) is 11.2. The summed E-state index contributed by atoms with van der Waals surface area (Å²) in [7, 11) is 0. The topological polar surface area (TPSA) is 42.0 Å². The van der Waals surface area contributed by atoms with Crippen LogP contribution in [0.15, 0.2) is 24.3 Å². The highest BCUT2D eigenvalue weighted by atomic mass is 16.1. The maximum atomic E-state index is 12.3. The number of aromatic nitrogens is 1. The highest BCUT2D eigenvalue weighted by molar-refractivity contribution is 6.07. The summed E-state index contributed by atoms with van der Waals surface area (Å²) in [5.74, 6) is -0.0239. The zero-order chi connectivity index (χ0) is 13.3. The van der Waals surface area contributed by atoms with Crippen LogP contribution in [-0.4, -0.2) is 16.9 Å². The normalized spacial score (nSPS) is 10.9. The van der Waals surface area contributed by atoms with Crippen LogP contribution in [0.25, 0.3) is 10.9 Å². The molecule has 0 saturated carbocycles. The van der Waals surface area contributed by atoms with Gasteiger partial charge in [-0.15, -0.1) is 0 Å². The van der Waals surface area contributed by atoms with E-state index in [1.54, 1.807) is 0 Å². The van der Waals surface area contributed by atoms with Gasteiger partial charge in [0, 0.05) is 17.1 Å². The van der Waals surface area contributed by atoms with Gasteiger partial charge in [-0.3, -0.25) is 9.78 Å². The molecule has 0 unspecified atom stereocenters. The van der Waals surface area contributed by atoms with Gasteiger partial charge in [-0.05, 0) is 39.3 Å². The second kappa shape index (κ2) is 4.77. The summed E-state index contributed by atoms with van der Waals surface area (Å²) in [6, 6.07) is 7.89. The van der Waals surface area contributed by atoms with E-state index in [1.165, 1.54) is 0 Å². The van der Waals surface area contributed by atoms with Gasteiger partial charge in [-0.1, -0.05) is 18.2 Å². The number of amides is 1. The summed E-state index contributed by atoms with van der Waals surface area (Å²) >= 11 is 0. The van der Waals surface area contributed by atoms with Crippen molar-refractivity contribution in [1.82, 2.24) is 10.3 Å². The quantitative estimate of drug-likeness (QED) is 0.879. The molecule has 3 nitrogen and oxygen atoms in total. The minimum absolute atomic E-state index is 0.0239. The SMILES string of the molecule is Cc1nc2ccccc2c(C(=O)NC(C)C)c1C. The van der Waals surface area contributed by atoms with Crippen molar-refractivity contribution in [2.75, 3.05) is 0 Å². The van der Waals surface area contributed by atoms with E-state index in [2.05, 4.69) is 10.3 Å². The molecule has 0 bridgehead atoms. The number of carbonyl (C=O) groups is 1. The van der Waals surface area contributed by atoms with Crippen LogP contribution in [0.2, 0.25) is 0 Å². The number of fused-ring (bicyclic) bond motifs is 1. The lowest BCUT2D eigenvalue weighted by molar-refractivity contribution is 0.0944. The minimum atomic E-state index is -0.0239. The van der Waals surface area contributed by atoms with Crippen molar-refractivity contribution in [2.24, 2.45) is 0 Å². The van der Waals surface area contributed by atoms with Crippen LogP contribution >= 0.6 is 0 Å². The van der Waals surface area contributed by atoms with Crippen molar-refractivity contribution in [3.63, 3.8) is 0 Å². The fraction of sp³-hybridized carbons (Fsp3) is 0.333. The van der Waals surface area contributed by atoms with Gasteiger partial charge in [-0.2, -0.15) is 0 Å². The fourth-order valence-electron chi connectivity index (χ4n) is 2.06. The van der Waals surface area contributed by atoms with E-state index in [4.69, 9.17) is 0 Å². The maximum absolute atomic E-state index is 12.3. The van der Waals surface area contributed by atoms with E-state index in [0.717, 1.165) is 27.7 Å². The van der Waals surface area contributed by atoms with Crippen molar-refractivity contribution in [3.8, 4) is 0 Å². The number of carbonyl (C=O) groups excluding carboxylic acids is 1. The summed E-state index contributed by atoms with van der Waals surface area (Å²) in [6.07, 6.45) is 0. The van der Waals surface area contributed by atoms with E-state index in [1.807, 2.05) is 52.0 Å². The largest absolute Gasteiger partial charge is 0.350 e. The molecule has 3 heteroatoms. The summed E-state index contributed by atoms with van der Waals surface area (Å²) in [5, 5.41) is 3.87. The smallest absolute Gasteiger partial charge is 0.252 e. The molecule has 0 saturated heterocycles. The molecule has 0 radical (unpaired) electrons. The first-order valence-corrected chi connectivity index (χ1v) is 6.17. The molecule has 0 spiro atoms. The van der Waals surface area contributed by atoms with Crippen LogP contribution in [0.3, 0.4) is 0 Å². The molecule has 1 amide bonds. The number of hydrogen-bond acceptors (Lipinski definition) is 2. The minimum Gasteiger partial charge on any atom is -0.350 e. The molecule has 1 N–H and O–H groups in total. The van der Waals surface area contributed by atoms with Crippen molar-refractivity contribution in [3.05, 3.63) is 41.1 Å². The number of hydrogen-bond donors (Lipinski definition) is 1. The Balaban J connectivity index is 2.67. The zero-order valence-electron chi connectivity index (χ0n) is 11.2. The lowest BCUT2D eigenvalue weighted by Gasteiger charge is -2.14. The van der Waals surface area contributed by atoms with Gasteiger partial charge in [0.25, 0.3) is 5.91 Å². The number of para-hydroxylation sites is 1. The molecule has 2 aromatic rings. The summed E-state index contributed by atoms with van der Waals surface area (Å²) in [5.41, 5.74) is 3.47. The van der Waals surface area contributed by atoms with Crippen molar-refractivity contribution in [2.45, 2.75) is 33.7 Å². The molecule has 0 fully saturated rings. The van der Waals surface area contributed by atoms with Crippen LogP contribution in [0.1, 0.15) is 35.5 Å². The number of pyridine rings is 1. The summed E-state index contributed by atoms with van der Waals surface area (Å²) in [6.45, 7) is 7.81. The molecule has 0 aliphatic heterocycles. The van der Waals surface area contributed by atoms with Gasteiger partial charge < -0.3 is 5.32 Å². The molecule has 1 aromatic carbocycles. The van der Waals surface area contributed by atoms with E-state index in [9.17, 15) is 4.79 Å². The Morgan fingerprint density at radius 1 is 1.22 bits per heavy atom. The Labute approximate surface area is 107 Å². The number of nitrogens with one attached hydrogen (secondary N) is 1. The Bertz CT molecular complexity index is 603. The van der Waals surface area contributed by atoms with Crippen LogP contribution in [0.4, 0.5) is 0 Å². The Hall–Kier alpha value is -1.90. The predicted molar refractivity (Wildman–Crippen MR) is 73.8 cm³/mol. The number of aryl methyl sites for hydroxylation is 1. The number of nitrogens with zero attached hydrogens (tertiary/aromatic N) is 1. The van der Waals surface area contributed by atoms with Gasteiger partial charge in [-0.25, -0.2) is 0 Å². The van der Waals surface area contributed by atoms with Gasteiger partial charge in [0.2, 0.25) is 0 Å². The lowest BCUT2D eigenvalue weighted by atomic mass is 10.0. The van der Waals surface area contributed by atoms with Crippen molar-refractivity contribution in [1.29, 1.82) is 0 Å². The molecular weight excluding hydrogens is 224 g/mol. The Kier molecular flexibility index (Phi) is 3.32. The first kappa shape index (κ1) is 12.6. The number of rotatable bonds is 2.